The van der Waals surface area contributed by atoms with Crippen LogP contribution < -0.4 is 10.6 Å². The molecule has 1 atom stereocenters. The van der Waals surface area contributed by atoms with E-state index in [1.54, 1.807) is 52.0 Å². The maximum atomic E-state index is 14.2. The van der Waals surface area contributed by atoms with E-state index in [0.29, 0.717) is 11.3 Å². The van der Waals surface area contributed by atoms with Crippen LogP contribution in [0.2, 0.25) is 0 Å². The van der Waals surface area contributed by atoms with Crippen molar-refractivity contribution in [2.45, 2.75) is 39.5 Å². The van der Waals surface area contributed by atoms with E-state index in [1.807, 2.05) is 0 Å². The average Bonchev–Trinajstić information content (AvgIpc) is 3.01. The Kier molecular flexibility index (Phi) is 7.29. The molecule has 0 radical (unpaired) electrons. The van der Waals surface area contributed by atoms with E-state index >= 15 is 0 Å². The van der Waals surface area contributed by atoms with Crippen molar-refractivity contribution in [1.29, 1.82) is 0 Å². The van der Waals surface area contributed by atoms with E-state index in [-0.39, 0.29) is 49.0 Å². The van der Waals surface area contributed by atoms with Gasteiger partial charge in [0.25, 0.3) is 0 Å². The van der Waals surface area contributed by atoms with E-state index in [2.05, 4.69) is 0 Å². The molecule has 10 heteroatoms. The van der Waals surface area contributed by atoms with Crippen LogP contribution in [0, 0.1) is 0 Å². The van der Waals surface area contributed by atoms with Gasteiger partial charge in [-0.3, -0.25) is 19.3 Å². The number of ether oxygens (including phenoxy) is 4. The summed E-state index contributed by atoms with van der Waals surface area (Å²) in [5, 5.41) is 0. The van der Waals surface area contributed by atoms with Gasteiger partial charge in [-0.2, -0.15) is 0 Å². The van der Waals surface area contributed by atoms with Gasteiger partial charge in [-0.15, -0.1) is 0 Å². The first-order valence-electron chi connectivity index (χ1n) is 11.0. The number of benzene rings is 1. The van der Waals surface area contributed by atoms with Crippen LogP contribution in [0.25, 0.3) is 0 Å². The van der Waals surface area contributed by atoms with Gasteiger partial charge in [0.15, 0.2) is 0 Å². The predicted molar refractivity (Wildman–Crippen MR) is 120 cm³/mol. The minimum Gasteiger partial charge on any atom is -0.466 e. The van der Waals surface area contributed by atoms with Crippen LogP contribution in [0.15, 0.2) is 47.1 Å². The number of fused-ring (bicyclic) bond motifs is 2. The predicted octanol–water partition coefficient (Wildman–Crippen LogP) is 1.82. The zero-order chi connectivity index (χ0) is 25.0. The van der Waals surface area contributed by atoms with E-state index < -0.39 is 35.8 Å². The fourth-order valence-corrected chi connectivity index (χ4v) is 4.43. The average molecular weight is 472 g/mol. The van der Waals surface area contributed by atoms with Gasteiger partial charge in [-0.25, -0.2) is 4.79 Å². The molecule has 1 aromatic rings. The van der Waals surface area contributed by atoms with Gasteiger partial charge in [-0.1, -0.05) is 18.2 Å². The Hall–Kier alpha value is -3.82. The Labute approximate surface area is 197 Å². The zero-order valence-electron chi connectivity index (χ0n) is 19.6. The van der Waals surface area contributed by atoms with Crippen LogP contribution in [0.5, 0.6) is 0 Å². The monoisotopic (exact) mass is 472 g/mol. The summed E-state index contributed by atoms with van der Waals surface area (Å²) in [5.41, 5.74) is 5.02. The Bertz CT molecular complexity index is 1090. The molecule has 10 nitrogen and oxygen atoms in total. The second kappa shape index (κ2) is 9.98. The van der Waals surface area contributed by atoms with Gasteiger partial charge >= 0.3 is 17.9 Å². The summed E-state index contributed by atoms with van der Waals surface area (Å²) in [6.45, 7) is 6.36. The largest absolute Gasteiger partial charge is 0.466 e. The number of allylic oxidation sites excluding steroid dienone is 1. The minimum atomic E-state index is -1.84. The Balaban J connectivity index is 2.31. The van der Waals surface area contributed by atoms with Crippen molar-refractivity contribution in [3.8, 4) is 0 Å². The Morgan fingerprint density at radius 3 is 2.26 bits per heavy atom. The molecular weight excluding hydrogens is 444 g/mol. The maximum Gasteiger partial charge on any atom is 0.341 e. The lowest BCUT2D eigenvalue weighted by molar-refractivity contribution is -0.144. The summed E-state index contributed by atoms with van der Waals surface area (Å²) in [6, 6.07) is 6.68. The summed E-state index contributed by atoms with van der Waals surface area (Å²) in [7, 11) is 0. The van der Waals surface area contributed by atoms with Crippen molar-refractivity contribution >= 4 is 29.5 Å². The van der Waals surface area contributed by atoms with Gasteiger partial charge in [0.05, 0.1) is 26.2 Å². The number of carbonyl (C=O) groups excluding carboxylic acids is 4. The van der Waals surface area contributed by atoms with Crippen molar-refractivity contribution in [3.63, 3.8) is 0 Å². The molecule has 1 amide bonds. The summed E-state index contributed by atoms with van der Waals surface area (Å²) in [6.07, 6.45) is -0.344. The molecule has 0 fully saturated rings. The molecule has 2 aliphatic heterocycles. The number of amides is 1. The molecule has 1 unspecified atom stereocenters. The third kappa shape index (κ3) is 4.00. The number of para-hydroxylation sites is 1. The topological polar surface area (TPSA) is 134 Å². The lowest BCUT2D eigenvalue weighted by Crippen LogP contribution is -2.50. The molecule has 2 heterocycles. The lowest BCUT2D eigenvalue weighted by atomic mass is 9.67. The molecule has 0 aromatic heterocycles. The molecular formula is C24H28N2O8. The van der Waals surface area contributed by atoms with Gasteiger partial charge in [0, 0.05) is 16.8 Å². The number of hydrogen-bond acceptors (Lipinski definition) is 9. The van der Waals surface area contributed by atoms with E-state index in [1.165, 1.54) is 4.90 Å². The number of esters is 3. The second-order valence-electron chi connectivity index (χ2n) is 7.54. The van der Waals surface area contributed by atoms with Gasteiger partial charge in [0.1, 0.15) is 23.3 Å². The third-order valence-electron chi connectivity index (χ3n) is 5.63. The number of hydrogen-bond donors (Lipinski definition) is 1. The fraction of sp³-hybridized carbons (Fsp3) is 0.417. The Morgan fingerprint density at radius 2 is 1.62 bits per heavy atom. The van der Waals surface area contributed by atoms with Crippen LogP contribution >= 0.6 is 0 Å². The molecule has 0 aliphatic carbocycles. The van der Waals surface area contributed by atoms with Gasteiger partial charge < -0.3 is 24.7 Å². The number of nitrogens with two attached hydrogens (primary N) is 1. The van der Waals surface area contributed by atoms with Crippen molar-refractivity contribution in [2.24, 2.45) is 5.73 Å². The van der Waals surface area contributed by atoms with E-state index in [4.69, 9.17) is 24.7 Å². The third-order valence-corrected chi connectivity index (χ3v) is 5.63. The lowest BCUT2D eigenvalue weighted by Gasteiger charge is -2.37. The normalized spacial score (nSPS) is 19.2. The first kappa shape index (κ1) is 24.8. The number of nitrogens with zero attached hydrogens (tertiary/aromatic N) is 1. The molecule has 182 valence electrons. The summed E-state index contributed by atoms with van der Waals surface area (Å²) >= 11 is 0. The van der Waals surface area contributed by atoms with Crippen molar-refractivity contribution < 1.29 is 38.1 Å². The SMILES string of the molecule is CCOC(=O)CC1=C(C)OC(N)=C(C(=O)OCC)C12C(=O)N(CC(=O)OCC)c1ccccc12. The quantitative estimate of drug-likeness (QED) is 0.444. The molecule has 2 aliphatic rings. The molecule has 1 aromatic carbocycles. The van der Waals surface area contributed by atoms with Crippen molar-refractivity contribution in [1.82, 2.24) is 0 Å². The van der Waals surface area contributed by atoms with Gasteiger partial charge in [-0.05, 0) is 33.8 Å². The van der Waals surface area contributed by atoms with Crippen LogP contribution in [-0.2, 0) is 43.5 Å². The van der Waals surface area contributed by atoms with Crippen LogP contribution in [0.3, 0.4) is 0 Å². The molecule has 0 saturated carbocycles. The highest BCUT2D eigenvalue weighted by atomic mass is 16.5. The smallest absolute Gasteiger partial charge is 0.341 e. The zero-order valence-corrected chi connectivity index (χ0v) is 19.6. The van der Waals surface area contributed by atoms with Crippen LogP contribution in [-0.4, -0.2) is 50.2 Å². The van der Waals surface area contributed by atoms with E-state index in [9.17, 15) is 19.2 Å². The fourth-order valence-electron chi connectivity index (χ4n) is 4.43. The second-order valence-corrected chi connectivity index (χ2v) is 7.54. The maximum absolute atomic E-state index is 14.2. The summed E-state index contributed by atoms with van der Waals surface area (Å²) in [5.74, 6) is -2.89. The highest BCUT2D eigenvalue weighted by molar-refractivity contribution is 6.19. The highest BCUT2D eigenvalue weighted by Crippen LogP contribution is 2.55. The first-order valence-corrected chi connectivity index (χ1v) is 11.0. The first-order chi connectivity index (χ1) is 16.2. The molecule has 0 bridgehead atoms. The number of carbonyl (C=O) groups is 4. The number of anilines is 1. The molecule has 3 rings (SSSR count). The van der Waals surface area contributed by atoms with Crippen LogP contribution in [0.1, 0.15) is 39.7 Å². The van der Waals surface area contributed by atoms with Crippen molar-refractivity contribution in [2.75, 3.05) is 31.3 Å². The van der Waals surface area contributed by atoms with E-state index in [0.717, 1.165) is 0 Å². The number of rotatable bonds is 8. The van der Waals surface area contributed by atoms with Crippen LogP contribution in [0.4, 0.5) is 5.69 Å². The molecule has 2 N–H and O–H groups in total. The van der Waals surface area contributed by atoms with Crippen molar-refractivity contribution in [3.05, 3.63) is 52.6 Å². The summed E-state index contributed by atoms with van der Waals surface area (Å²) < 4.78 is 21.0. The molecule has 0 saturated heterocycles. The standard InChI is InChI=1S/C24H28N2O8/c1-5-31-18(27)12-16-14(4)34-21(25)20(22(29)33-7-3)24(16)15-10-8-9-11-17(15)26(23(24)30)13-19(28)32-6-2/h8-11H,5-7,12-13,25H2,1-4H3. The molecule has 34 heavy (non-hydrogen) atoms. The summed E-state index contributed by atoms with van der Waals surface area (Å²) in [4.78, 5) is 53.6. The van der Waals surface area contributed by atoms with Gasteiger partial charge in [0.2, 0.25) is 11.8 Å². The highest BCUT2D eigenvalue weighted by Gasteiger charge is 2.62. The Morgan fingerprint density at radius 1 is 1.00 bits per heavy atom. The minimum absolute atomic E-state index is 0.0178. The molecule has 1 spiro atoms.